The van der Waals surface area contributed by atoms with Crippen molar-refractivity contribution in [1.29, 1.82) is 0 Å². The predicted octanol–water partition coefficient (Wildman–Crippen LogP) is 4.20. The molecule has 1 aliphatic rings. The molecule has 0 radical (unpaired) electrons. The largest absolute Gasteiger partial charge is 0.497 e. The minimum absolute atomic E-state index is 0.126. The monoisotopic (exact) mass is 480 g/mol. The highest BCUT2D eigenvalue weighted by Crippen LogP contribution is 2.26. The van der Waals surface area contributed by atoms with E-state index < -0.39 is 11.7 Å². The quantitative estimate of drug-likeness (QED) is 0.532. The van der Waals surface area contributed by atoms with Crippen LogP contribution in [0.3, 0.4) is 0 Å². The lowest BCUT2D eigenvalue weighted by atomic mass is 10.0. The van der Waals surface area contributed by atoms with Crippen LogP contribution in [0.2, 0.25) is 0 Å². The Bertz CT molecular complexity index is 1320. The summed E-state index contributed by atoms with van der Waals surface area (Å²) < 4.78 is 10.7. The molecule has 2 aromatic carbocycles. The normalized spacial score (nSPS) is 15.5. The first-order valence-corrected chi connectivity index (χ1v) is 12.3. The molecule has 7 nitrogen and oxygen atoms in total. The second-order valence-corrected chi connectivity index (χ2v) is 9.52. The van der Waals surface area contributed by atoms with Crippen LogP contribution in [0.15, 0.2) is 45.6 Å². The SMILES string of the molecule is COc1ccc2c(C)c(CCC(=O)N3CSCC3C(=O)Nc3ccc(C)c(C)c3)c(=O)oc2c1. The maximum Gasteiger partial charge on any atom is 0.339 e. The van der Waals surface area contributed by atoms with Crippen LogP contribution in [0.25, 0.3) is 11.0 Å². The third kappa shape index (κ3) is 4.82. The van der Waals surface area contributed by atoms with Crippen LogP contribution < -0.4 is 15.7 Å². The molecule has 4 rings (SSSR count). The number of ether oxygens (including phenoxy) is 1. The molecule has 1 N–H and O–H groups in total. The first-order valence-electron chi connectivity index (χ1n) is 11.1. The number of carbonyl (C=O) groups is 2. The second kappa shape index (κ2) is 9.93. The molecule has 8 heteroatoms. The zero-order valence-corrected chi connectivity index (χ0v) is 20.6. The molecule has 1 aromatic heterocycles. The summed E-state index contributed by atoms with van der Waals surface area (Å²) in [5.74, 6) is 1.25. The summed E-state index contributed by atoms with van der Waals surface area (Å²) in [6.07, 6.45) is 0.378. The number of carbonyl (C=O) groups excluding carboxylic acids is 2. The Morgan fingerprint density at radius 3 is 2.68 bits per heavy atom. The Hall–Kier alpha value is -3.26. The number of hydrogen-bond donors (Lipinski definition) is 1. The van der Waals surface area contributed by atoms with Gasteiger partial charge < -0.3 is 19.4 Å². The van der Waals surface area contributed by atoms with Gasteiger partial charge in [-0.05, 0) is 68.1 Å². The summed E-state index contributed by atoms with van der Waals surface area (Å²) in [6.45, 7) is 5.87. The number of rotatable bonds is 6. The summed E-state index contributed by atoms with van der Waals surface area (Å²) in [7, 11) is 1.55. The van der Waals surface area contributed by atoms with Crippen LogP contribution in [0, 0.1) is 20.8 Å². The van der Waals surface area contributed by atoms with E-state index in [4.69, 9.17) is 9.15 Å². The molecule has 2 amide bonds. The third-order valence-corrected chi connectivity index (χ3v) is 7.38. The molecule has 2 heterocycles. The molecule has 1 aliphatic heterocycles. The van der Waals surface area contributed by atoms with Gasteiger partial charge in [0, 0.05) is 34.9 Å². The Morgan fingerprint density at radius 1 is 1.15 bits per heavy atom. The van der Waals surface area contributed by atoms with E-state index in [1.54, 1.807) is 29.8 Å². The Morgan fingerprint density at radius 2 is 1.94 bits per heavy atom. The minimum Gasteiger partial charge on any atom is -0.497 e. The van der Waals surface area contributed by atoms with Gasteiger partial charge in [-0.15, -0.1) is 11.8 Å². The molecule has 1 unspecified atom stereocenters. The molecule has 0 saturated carbocycles. The van der Waals surface area contributed by atoms with E-state index in [9.17, 15) is 14.4 Å². The van der Waals surface area contributed by atoms with Crippen LogP contribution in [0.5, 0.6) is 5.75 Å². The van der Waals surface area contributed by atoms with Crippen molar-refractivity contribution in [2.45, 2.75) is 39.7 Å². The van der Waals surface area contributed by atoms with E-state index in [1.807, 2.05) is 51.1 Å². The molecule has 0 bridgehead atoms. The molecule has 3 aromatic rings. The van der Waals surface area contributed by atoms with Gasteiger partial charge in [0.05, 0.1) is 13.0 Å². The highest BCUT2D eigenvalue weighted by atomic mass is 32.2. The summed E-state index contributed by atoms with van der Waals surface area (Å²) in [4.78, 5) is 40.2. The molecule has 34 heavy (non-hydrogen) atoms. The number of benzene rings is 2. The first-order chi connectivity index (χ1) is 16.3. The van der Waals surface area contributed by atoms with Crippen molar-refractivity contribution in [2.24, 2.45) is 0 Å². The number of hydrogen-bond acceptors (Lipinski definition) is 6. The molecule has 1 atom stereocenters. The Balaban J connectivity index is 1.46. The second-order valence-electron chi connectivity index (χ2n) is 8.52. The fraction of sp³-hybridized carbons (Fsp3) is 0.346. The Kier molecular flexibility index (Phi) is 6.97. The number of amides is 2. The standard InChI is InChI=1S/C26H28N2O5S/c1-15-5-6-18(11-16(15)2)27-25(30)22-13-34-14-28(22)24(29)10-9-21-17(3)20-8-7-19(32-4)12-23(20)33-26(21)31/h5-8,11-12,22H,9-10,13-14H2,1-4H3,(H,27,30). The van der Waals surface area contributed by atoms with Gasteiger partial charge in [-0.3, -0.25) is 9.59 Å². The molecular formula is C26H28N2O5S. The number of nitrogens with zero attached hydrogens (tertiary/aromatic N) is 1. The van der Waals surface area contributed by atoms with Crippen LogP contribution in [0.4, 0.5) is 5.69 Å². The van der Waals surface area contributed by atoms with Crippen LogP contribution in [-0.4, -0.2) is 41.5 Å². The van der Waals surface area contributed by atoms with E-state index in [0.717, 1.165) is 27.8 Å². The van der Waals surface area contributed by atoms with Gasteiger partial charge in [0.25, 0.3) is 0 Å². The molecule has 0 spiro atoms. The van der Waals surface area contributed by atoms with Gasteiger partial charge in [0.2, 0.25) is 11.8 Å². The highest BCUT2D eigenvalue weighted by Gasteiger charge is 2.34. The minimum atomic E-state index is -0.541. The van der Waals surface area contributed by atoms with Gasteiger partial charge in [-0.1, -0.05) is 6.07 Å². The van der Waals surface area contributed by atoms with Gasteiger partial charge in [-0.25, -0.2) is 4.79 Å². The molecule has 1 saturated heterocycles. The first kappa shape index (κ1) is 23.9. The summed E-state index contributed by atoms with van der Waals surface area (Å²) in [6, 6.07) is 10.6. The number of anilines is 1. The molecule has 0 aliphatic carbocycles. The van der Waals surface area contributed by atoms with Crippen molar-refractivity contribution in [3.8, 4) is 5.75 Å². The van der Waals surface area contributed by atoms with E-state index in [2.05, 4.69) is 5.32 Å². The average Bonchev–Trinajstić information content (AvgIpc) is 3.31. The number of fused-ring (bicyclic) bond motifs is 1. The molecule has 178 valence electrons. The van der Waals surface area contributed by atoms with Crippen LogP contribution in [-0.2, 0) is 16.0 Å². The van der Waals surface area contributed by atoms with E-state index >= 15 is 0 Å². The summed E-state index contributed by atoms with van der Waals surface area (Å²) in [5, 5.41) is 3.75. The van der Waals surface area contributed by atoms with Crippen molar-refractivity contribution >= 4 is 40.2 Å². The van der Waals surface area contributed by atoms with Crippen LogP contribution >= 0.6 is 11.8 Å². The van der Waals surface area contributed by atoms with Crippen molar-refractivity contribution in [2.75, 3.05) is 24.1 Å². The predicted molar refractivity (Wildman–Crippen MR) is 135 cm³/mol. The van der Waals surface area contributed by atoms with Crippen molar-refractivity contribution < 1.29 is 18.7 Å². The Labute approximate surface area is 202 Å². The topological polar surface area (TPSA) is 88.9 Å². The van der Waals surface area contributed by atoms with Crippen molar-refractivity contribution in [1.82, 2.24) is 4.90 Å². The van der Waals surface area contributed by atoms with Crippen molar-refractivity contribution in [3.63, 3.8) is 0 Å². The number of nitrogens with one attached hydrogen (secondary N) is 1. The lowest BCUT2D eigenvalue weighted by Gasteiger charge is -2.23. The van der Waals surface area contributed by atoms with Crippen LogP contribution in [0.1, 0.15) is 28.7 Å². The fourth-order valence-corrected chi connectivity index (χ4v) is 5.30. The van der Waals surface area contributed by atoms with E-state index in [0.29, 0.717) is 28.5 Å². The number of thioether (sulfide) groups is 1. The maximum absolute atomic E-state index is 13.0. The van der Waals surface area contributed by atoms with Crippen molar-refractivity contribution in [3.05, 3.63) is 69.1 Å². The maximum atomic E-state index is 13.0. The lowest BCUT2D eigenvalue weighted by Crippen LogP contribution is -2.44. The summed E-state index contributed by atoms with van der Waals surface area (Å²) >= 11 is 1.55. The molecular weight excluding hydrogens is 452 g/mol. The third-order valence-electron chi connectivity index (χ3n) is 6.36. The average molecular weight is 481 g/mol. The van der Waals surface area contributed by atoms with E-state index in [-0.39, 0.29) is 24.7 Å². The fourth-order valence-electron chi connectivity index (χ4n) is 4.12. The zero-order chi connectivity index (χ0) is 24.4. The number of methoxy groups -OCH3 is 1. The summed E-state index contributed by atoms with van der Waals surface area (Å²) in [5.41, 5.74) is 4.24. The van der Waals surface area contributed by atoms with E-state index in [1.165, 1.54) is 0 Å². The highest BCUT2D eigenvalue weighted by molar-refractivity contribution is 7.99. The number of aryl methyl sites for hydroxylation is 3. The van der Waals surface area contributed by atoms with Gasteiger partial charge >= 0.3 is 5.63 Å². The zero-order valence-electron chi connectivity index (χ0n) is 19.8. The van der Waals surface area contributed by atoms with Gasteiger partial charge in [0.15, 0.2) is 0 Å². The smallest absolute Gasteiger partial charge is 0.339 e. The van der Waals surface area contributed by atoms with Gasteiger partial charge in [-0.2, -0.15) is 0 Å². The lowest BCUT2D eigenvalue weighted by molar-refractivity contribution is -0.136. The molecule has 1 fully saturated rings. The van der Waals surface area contributed by atoms with Gasteiger partial charge in [0.1, 0.15) is 17.4 Å².